The van der Waals surface area contributed by atoms with Crippen molar-refractivity contribution in [2.24, 2.45) is 23.7 Å². The van der Waals surface area contributed by atoms with Crippen LogP contribution in [0, 0.1) is 23.7 Å². The summed E-state index contributed by atoms with van der Waals surface area (Å²) < 4.78 is 0. The molecule has 1 aliphatic heterocycles. The first-order valence-electron chi connectivity index (χ1n) is 21.8. The molecule has 7 aromatic carbocycles. The van der Waals surface area contributed by atoms with Gasteiger partial charge in [-0.3, -0.25) is 0 Å². The smallest absolute Gasteiger partial charge is 0.164 e. The van der Waals surface area contributed by atoms with E-state index in [1.54, 1.807) is 32.6 Å². The molecular weight excluding hydrogens is 731 g/mol. The second-order valence-electron chi connectivity index (χ2n) is 18.8. The zero-order valence-electron chi connectivity index (χ0n) is 33.6. The Morgan fingerprint density at radius 2 is 1.05 bits per heavy atom. The molecule has 4 heteroatoms. The van der Waals surface area contributed by atoms with Crippen molar-refractivity contribution >= 4 is 29.2 Å². The molecule has 4 fully saturated rings. The van der Waals surface area contributed by atoms with E-state index in [9.17, 15) is 0 Å². The van der Waals surface area contributed by atoms with E-state index in [1.165, 1.54) is 65.1 Å². The Balaban J connectivity index is 1.02. The maximum Gasteiger partial charge on any atom is 0.164 e. The van der Waals surface area contributed by atoms with E-state index >= 15 is 0 Å². The van der Waals surface area contributed by atoms with Crippen molar-refractivity contribution in [1.82, 2.24) is 15.0 Å². The predicted octanol–water partition coefficient (Wildman–Crippen LogP) is 12.2. The second kappa shape index (κ2) is 12.3. The largest absolute Gasteiger partial charge is 0.208 e. The van der Waals surface area contributed by atoms with Crippen LogP contribution < -0.4 is 10.4 Å². The standard InChI is InChI=1S/C55H45N3Si/c1-59(2)48-19-11-10-18-45(48)51-49(59)25-24-46-50(51)44-23-22-38(32-47(44)55(46)40-27-33-26-34(29-40)30-41(55)28-33)42-16-8-9-17-43(42)54-57-52(36-13-4-3-5-14-36)56-53(58-54)39-21-20-35-12-6-7-15-37(35)31-39/h3-25,31-34,40-41H,26-30H2,1-2H3. The minimum atomic E-state index is -1.84. The van der Waals surface area contributed by atoms with E-state index in [0.717, 1.165) is 28.5 Å². The minimum absolute atomic E-state index is 0.0538. The minimum Gasteiger partial charge on any atom is -0.208 e. The fraction of sp³-hybridized carbons (Fsp3) is 0.218. The van der Waals surface area contributed by atoms with Crippen molar-refractivity contribution in [3.63, 3.8) is 0 Å². The molecule has 2 heterocycles. The summed E-state index contributed by atoms with van der Waals surface area (Å²) in [5.74, 6) is 5.22. The van der Waals surface area contributed by atoms with Gasteiger partial charge >= 0.3 is 0 Å². The molecule has 1 aromatic heterocycles. The van der Waals surface area contributed by atoms with Crippen LogP contribution in [0.15, 0.2) is 152 Å². The van der Waals surface area contributed by atoms with Crippen molar-refractivity contribution in [3.8, 4) is 67.5 Å². The molecule has 284 valence electrons. The topological polar surface area (TPSA) is 38.7 Å². The van der Waals surface area contributed by atoms with Crippen LogP contribution in [-0.4, -0.2) is 23.0 Å². The molecule has 0 amide bonds. The molecule has 0 saturated heterocycles. The Morgan fingerprint density at radius 1 is 0.424 bits per heavy atom. The van der Waals surface area contributed by atoms with E-state index in [1.807, 2.05) is 6.07 Å². The highest BCUT2D eigenvalue weighted by molar-refractivity contribution is 7.04. The molecule has 59 heavy (non-hydrogen) atoms. The van der Waals surface area contributed by atoms with Gasteiger partial charge in [0.05, 0.1) is 0 Å². The summed E-state index contributed by atoms with van der Waals surface area (Å²) in [6.07, 6.45) is 6.92. The second-order valence-corrected chi connectivity index (χ2v) is 23.1. The summed E-state index contributed by atoms with van der Waals surface area (Å²) in [5.41, 5.74) is 14.8. The quantitative estimate of drug-likeness (QED) is 0.167. The molecule has 1 spiro atoms. The normalized spacial score (nSPS) is 23.6. The van der Waals surface area contributed by atoms with Gasteiger partial charge < -0.3 is 0 Å². The average molecular weight is 776 g/mol. The van der Waals surface area contributed by atoms with Crippen LogP contribution in [-0.2, 0) is 5.41 Å². The van der Waals surface area contributed by atoms with E-state index < -0.39 is 8.07 Å². The number of aromatic nitrogens is 3. The molecule has 8 aromatic rings. The van der Waals surface area contributed by atoms with Crippen LogP contribution in [0.3, 0.4) is 0 Å². The third-order valence-electron chi connectivity index (χ3n) is 15.5. The van der Waals surface area contributed by atoms with Crippen LogP contribution in [0.4, 0.5) is 0 Å². The molecule has 6 aliphatic rings. The molecule has 0 atom stereocenters. The lowest BCUT2D eigenvalue weighted by molar-refractivity contribution is -0.0399. The van der Waals surface area contributed by atoms with Gasteiger partial charge in [-0.2, -0.15) is 0 Å². The van der Waals surface area contributed by atoms with Crippen molar-refractivity contribution in [2.45, 2.75) is 50.6 Å². The van der Waals surface area contributed by atoms with Crippen LogP contribution >= 0.6 is 0 Å². The number of fused-ring (bicyclic) bond motifs is 8. The molecule has 0 unspecified atom stereocenters. The number of benzene rings is 7. The summed E-state index contributed by atoms with van der Waals surface area (Å²) in [5, 5.41) is 5.59. The molecule has 5 aliphatic carbocycles. The summed E-state index contributed by atoms with van der Waals surface area (Å²) in [6, 6.07) is 56.3. The van der Waals surface area contributed by atoms with Gasteiger partial charge in [0.1, 0.15) is 8.07 Å². The van der Waals surface area contributed by atoms with E-state index in [0.29, 0.717) is 29.3 Å². The van der Waals surface area contributed by atoms with Crippen molar-refractivity contribution < 1.29 is 0 Å². The van der Waals surface area contributed by atoms with Gasteiger partial charge in [-0.25, -0.2) is 15.0 Å². The zero-order chi connectivity index (χ0) is 39.0. The van der Waals surface area contributed by atoms with Crippen molar-refractivity contribution in [2.75, 3.05) is 0 Å². The van der Waals surface area contributed by atoms with E-state index in [2.05, 4.69) is 159 Å². The Kier molecular flexibility index (Phi) is 7.07. The van der Waals surface area contributed by atoms with Gasteiger partial charge in [0.2, 0.25) is 0 Å². The maximum absolute atomic E-state index is 5.30. The number of hydrogen-bond donors (Lipinski definition) is 0. The highest BCUT2D eigenvalue weighted by Crippen LogP contribution is 2.70. The summed E-state index contributed by atoms with van der Waals surface area (Å²) in [7, 11) is -1.84. The lowest BCUT2D eigenvalue weighted by Crippen LogP contribution is -2.55. The highest BCUT2D eigenvalue weighted by Gasteiger charge is 2.62. The van der Waals surface area contributed by atoms with Gasteiger partial charge in [-0.05, 0) is 134 Å². The zero-order valence-corrected chi connectivity index (χ0v) is 34.6. The molecule has 4 saturated carbocycles. The number of hydrogen-bond acceptors (Lipinski definition) is 3. The Hall–Kier alpha value is -5.97. The molecular formula is C55H45N3Si. The molecule has 4 bridgehead atoms. The lowest BCUT2D eigenvalue weighted by atomic mass is 9.43. The third kappa shape index (κ3) is 4.72. The fourth-order valence-corrected chi connectivity index (χ4v) is 16.3. The monoisotopic (exact) mass is 775 g/mol. The van der Waals surface area contributed by atoms with Gasteiger partial charge in [-0.15, -0.1) is 0 Å². The lowest BCUT2D eigenvalue weighted by Gasteiger charge is -2.61. The molecule has 14 rings (SSSR count). The average Bonchev–Trinajstić information content (AvgIpc) is 3.70. The molecule has 0 N–H and O–H groups in total. The van der Waals surface area contributed by atoms with Crippen LogP contribution in [0.1, 0.15) is 43.2 Å². The summed E-state index contributed by atoms with van der Waals surface area (Å²) >= 11 is 0. The molecule has 0 radical (unpaired) electrons. The van der Waals surface area contributed by atoms with Gasteiger partial charge in [0, 0.05) is 22.1 Å². The molecule has 3 nitrogen and oxygen atoms in total. The van der Waals surface area contributed by atoms with E-state index in [4.69, 9.17) is 15.0 Å². The van der Waals surface area contributed by atoms with E-state index in [-0.39, 0.29) is 5.41 Å². The first kappa shape index (κ1) is 33.9. The summed E-state index contributed by atoms with van der Waals surface area (Å²) in [6.45, 7) is 5.13. The first-order chi connectivity index (χ1) is 28.9. The Labute approximate surface area is 347 Å². The highest BCUT2D eigenvalue weighted by atomic mass is 28.3. The third-order valence-corrected chi connectivity index (χ3v) is 19.1. The van der Waals surface area contributed by atoms with Crippen LogP contribution in [0.25, 0.3) is 78.3 Å². The Bertz CT molecular complexity index is 3030. The fourth-order valence-electron chi connectivity index (χ4n) is 13.2. The SMILES string of the molecule is C[Si]1(C)c2ccccc2-c2c1ccc1c2-c2ccc(-c3ccccc3-c3nc(-c4ccccc4)nc(-c4ccc5ccccc5c4)n3)cc2C12C1CC3CC(C1)CC2C3. The number of rotatable bonds is 4. The van der Waals surface area contributed by atoms with Crippen LogP contribution in [0.2, 0.25) is 13.1 Å². The first-order valence-corrected chi connectivity index (χ1v) is 24.8. The van der Waals surface area contributed by atoms with Gasteiger partial charge in [0.25, 0.3) is 0 Å². The van der Waals surface area contributed by atoms with Crippen molar-refractivity contribution in [3.05, 3.63) is 163 Å². The number of nitrogens with zero attached hydrogens (tertiary/aromatic N) is 3. The Morgan fingerprint density at radius 3 is 1.83 bits per heavy atom. The van der Waals surface area contributed by atoms with Crippen LogP contribution in [0.5, 0.6) is 0 Å². The van der Waals surface area contributed by atoms with Gasteiger partial charge in [0.15, 0.2) is 17.5 Å². The summed E-state index contributed by atoms with van der Waals surface area (Å²) in [4.78, 5) is 15.7. The predicted molar refractivity (Wildman–Crippen MR) is 245 cm³/mol. The van der Waals surface area contributed by atoms with Gasteiger partial charge in [-0.1, -0.05) is 153 Å². The maximum atomic E-state index is 5.30. The van der Waals surface area contributed by atoms with Crippen molar-refractivity contribution in [1.29, 1.82) is 0 Å².